The summed E-state index contributed by atoms with van der Waals surface area (Å²) in [5, 5.41) is 3.03. The average molecular weight is 365 g/mol. The number of fused-ring (bicyclic) bond motifs is 8. The molecule has 0 fully saturated rings. The van der Waals surface area contributed by atoms with Crippen LogP contribution in [-0.2, 0) is 0 Å². The highest BCUT2D eigenvalue weighted by atomic mass is 35.5. The number of benzene rings is 2. The van der Waals surface area contributed by atoms with Crippen molar-refractivity contribution in [2.24, 2.45) is 0 Å². The maximum absolute atomic E-state index is 6.71. The van der Waals surface area contributed by atoms with Crippen molar-refractivity contribution in [3.63, 3.8) is 0 Å². The minimum Gasteiger partial charge on any atom is -0.491 e. The third-order valence-electron chi connectivity index (χ3n) is 5.78. The number of anilines is 1. The van der Waals surface area contributed by atoms with Gasteiger partial charge >= 0.3 is 0 Å². The number of hydrogen-bond acceptors (Lipinski definition) is 4. The fourth-order valence-electron chi connectivity index (χ4n) is 4.66. The van der Waals surface area contributed by atoms with Crippen LogP contribution < -0.4 is 14.4 Å². The van der Waals surface area contributed by atoms with Gasteiger partial charge in [0.1, 0.15) is 11.5 Å². The van der Waals surface area contributed by atoms with Gasteiger partial charge in [-0.05, 0) is 24.6 Å². The highest BCUT2D eigenvalue weighted by Gasteiger charge is 2.43. The molecule has 4 heterocycles. The smallest absolute Gasteiger partial charge is 0.173 e. The summed E-state index contributed by atoms with van der Waals surface area (Å²) in [5.74, 6) is 2.12. The van der Waals surface area contributed by atoms with E-state index >= 15 is 0 Å². The van der Waals surface area contributed by atoms with E-state index in [-0.39, 0.29) is 12.1 Å². The molecule has 0 unspecified atom stereocenters. The van der Waals surface area contributed by atoms with Crippen molar-refractivity contribution in [2.75, 3.05) is 18.1 Å². The summed E-state index contributed by atoms with van der Waals surface area (Å²) in [7, 11) is 0. The number of halogens is 1. The first-order valence-corrected chi connectivity index (χ1v) is 9.44. The lowest BCUT2D eigenvalue weighted by molar-refractivity contribution is 0.154. The molecule has 26 heavy (non-hydrogen) atoms. The maximum Gasteiger partial charge on any atom is 0.173 e. The van der Waals surface area contributed by atoms with E-state index in [1.807, 2.05) is 30.6 Å². The van der Waals surface area contributed by atoms with Crippen molar-refractivity contribution in [3.8, 4) is 11.5 Å². The van der Waals surface area contributed by atoms with E-state index in [2.05, 4.69) is 22.0 Å². The van der Waals surface area contributed by atoms with E-state index in [9.17, 15) is 0 Å². The van der Waals surface area contributed by atoms with Crippen molar-refractivity contribution in [1.82, 2.24) is 4.98 Å². The second kappa shape index (κ2) is 5.27. The molecule has 0 radical (unpaired) electrons. The van der Waals surface area contributed by atoms with Gasteiger partial charge in [-0.2, -0.15) is 0 Å². The molecule has 0 spiro atoms. The second-order valence-corrected chi connectivity index (χ2v) is 7.55. The van der Waals surface area contributed by atoms with Crippen LogP contribution in [-0.4, -0.2) is 24.4 Å². The molecule has 3 aliphatic heterocycles. The van der Waals surface area contributed by atoms with Crippen LogP contribution in [0.5, 0.6) is 11.5 Å². The van der Waals surface area contributed by atoms with E-state index in [1.54, 1.807) is 0 Å². The zero-order chi connectivity index (χ0) is 17.3. The maximum atomic E-state index is 6.71. The topological polar surface area (TPSA) is 34.6 Å². The molecule has 0 amide bonds. The molecule has 5 heteroatoms. The first kappa shape index (κ1) is 14.7. The number of rotatable bonds is 0. The van der Waals surface area contributed by atoms with E-state index in [0.29, 0.717) is 0 Å². The van der Waals surface area contributed by atoms with E-state index in [0.717, 1.165) is 59.0 Å². The molecule has 6 rings (SSSR count). The fraction of sp³-hybridized carbons (Fsp3) is 0.286. The van der Waals surface area contributed by atoms with Crippen LogP contribution in [0.3, 0.4) is 0 Å². The number of hydrogen-bond donors (Lipinski definition) is 0. The largest absolute Gasteiger partial charge is 0.491 e. The minimum atomic E-state index is 0.0117. The van der Waals surface area contributed by atoms with Gasteiger partial charge in [-0.3, -0.25) is 4.98 Å². The van der Waals surface area contributed by atoms with Crippen LogP contribution in [0.4, 0.5) is 5.69 Å². The van der Waals surface area contributed by atoms with Gasteiger partial charge in [-0.15, -0.1) is 0 Å². The molecular formula is C21H17ClN2O2. The van der Waals surface area contributed by atoms with Crippen molar-refractivity contribution >= 4 is 28.1 Å². The molecule has 3 aromatic rings. The van der Waals surface area contributed by atoms with E-state index in [4.69, 9.17) is 21.1 Å². The predicted molar refractivity (Wildman–Crippen MR) is 102 cm³/mol. The predicted octanol–water partition coefficient (Wildman–Crippen LogP) is 4.73. The third-order valence-corrected chi connectivity index (χ3v) is 6.11. The van der Waals surface area contributed by atoms with Crippen molar-refractivity contribution in [2.45, 2.75) is 25.0 Å². The lowest BCUT2D eigenvalue weighted by Gasteiger charge is -2.46. The fourth-order valence-corrected chi connectivity index (χ4v) is 4.95. The van der Waals surface area contributed by atoms with Crippen LogP contribution in [0.15, 0.2) is 42.7 Å². The first-order valence-electron chi connectivity index (χ1n) is 9.06. The number of ether oxygens (including phenoxy) is 2. The molecule has 2 bridgehead atoms. The molecular weight excluding hydrogens is 348 g/mol. The average Bonchev–Trinajstić information content (AvgIpc) is 2.90. The Balaban J connectivity index is 1.66. The number of pyridine rings is 1. The molecule has 3 aliphatic rings. The molecule has 0 N–H and O–H groups in total. The quantitative estimate of drug-likeness (QED) is 0.577. The number of nitrogens with zero attached hydrogens (tertiary/aromatic N) is 2. The minimum absolute atomic E-state index is 0.0117. The van der Waals surface area contributed by atoms with E-state index < -0.39 is 0 Å². The van der Waals surface area contributed by atoms with Gasteiger partial charge < -0.3 is 14.4 Å². The Hall–Kier alpha value is -2.46. The summed E-state index contributed by atoms with van der Waals surface area (Å²) in [6.45, 7) is 1.64. The lowest BCUT2D eigenvalue weighted by Crippen LogP contribution is -2.47. The second-order valence-electron chi connectivity index (χ2n) is 7.14. The van der Waals surface area contributed by atoms with Crippen LogP contribution in [0, 0.1) is 0 Å². The zero-order valence-corrected chi connectivity index (χ0v) is 14.9. The highest BCUT2D eigenvalue weighted by molar-refractivity contribution is 6.32. The van der Waals surface area contributed by atoms with Crippen LogP contribution in [0.25, 0.3) is 10.8 Å². The Morgan fingerprint density at radius 3 is 3.08 bits per heavy atom. The van der Waals surface area contributed by atoms with Gasteiger partial charge in [0, 0.05) is 58.2 Å². The Kier molecular flexibility index (Phi) is 2.98. The van der Waals surface area contributed by atoms with Crippen LogP contribution >= 0.6 is 11.6 Å². The van der Waals surface area contributed by atoms with Gasteiger partial charge in [0.05, 0.1) is 12.3 Å². The molecule has 1 aromatic heterocycles. The van der Waals surface area contributed by atoms with Crippen LogP contribution in [0.1, 0.15) is 29.9 Å². The summed E-state index contributed by atoms with van der Waals surface area (Å²) in [6, 6.07) is 10.3. The van der Waals surface area contributed by atoms with Crippen molar-refractivity contribution in [3.05, 3.63) is 58.9 Å². The van der Waals surface area contributed by atoms with Gasteiger partial charge in [-0.25, -0.2) is 0 Å². The number of aromatic nitrogens is 1. The normalized spacial score (nSPS) is 22.7. The third kappa shape index (κ3) is 1.88. The summed E-state index contributed by atoms with van der Waals surface area (Å²) in [5.41, 5.74) is 3.51. The summed E-state index contributed by atoms with van der Waals surface area (Å²) in [6.07, 6.45) is 5.62. The molecule has 2 aromatic carbocycles. The van der Waals surface area contributed by atoms with Gasteiger partial charge in [0.25, 0.3) is 0 Å². The van der Waals surface area contributed by atoms with Crippen molar-refractivity contribution < 1.29 is 9.47 Å². The highest BCUT2D eigenvalue weighted by Crippen LogP contribution is 2.55. The summed E-state index contributed by atoms with van der Waals surface area (Å²) in [4.78, 5) is 6.59. The molecule has 2 atom stereocenters. The summed E-state index contributed by atoms with van der Waals surface area (Å²) < 4.78 is 12.6. The molecule has 0 aliphatic carbocycles. The molecule has 4 nitrogen and oxygen atoms in total. The Morgan fingerprint density at radius 1 is 1.15 bits per heavy atom. The molecule has 0 saturated heterocycles. The zero-order valence-electron chi connectivity index (χ0n) is 14.1. The van der Waals surface area contributed by atoms with Gasteiger partial charge in [0.2, 0.25) is 0 Å². The Bertz CT molecular complexity index is 1050. The monoisotopic (exact) mass is 364 g/mol. The SMILES string of the molecule is Clc1ccc2c3c1[C@H]1C[C@H](Oc4c1ccc1cnccc41)N3CCCO2. The van der Waals surface area contributed by atoms with E-state index in [1.165, 1.54) is 11.1 Å². The molecule has 130 valence electrons. The standard InChI is InChI=1S/C21H17ClN2O2/c22-16-4-5-17-20-19(16)15-10-18(24(20)8-1-9-25-17)26-21-13-6-7-23-11-12(13)2-3-14(15)21/h2-7,11,15,18H,1,8-10H2/t15-,18-/m0/s1. The Morgan fingerprint density at radius 2 is 2.12 bits per heavy atom. The van der Waals surface area contributed by atoms with Gasteiger partial charge in [-0.1, -0.05) is 23.7 Å². The van der Waals surface area contributed by atoms with Crippen molar-refractivity contribution in [1.29, 1.82) is 0 Å². The first-order chi connectivity index (χ1) is 12.8. The summed E-state index contributed by atoms with van der Waals surface area (Å²) >= 11 is 6.71. The Labute approximate surface area is 156 Å². The van der Waals surface area contributed by atoms with Crippen LogP contribution in [0.2, 0.25) is 5.02 Å². The van der Waals surface area contributed by atoms with Gasteiger partial charge in [0.15, 0.2) is 6.23 Å². The molecule has 0 saturated carbocycles. The lowest BCUT2D eigenvalue weighted by atomic mass is 9.80.